The maximum absolute atomic E-state index is 12.0. The summed E-state index contributed by atoms with van der Waals surface area (Å²) >= 11 is 1.56. The van der Waals surface area contributed by atoms with Crippen molar-refractivity contribution in [3.8, 4) is 5.75 Å². The summed E-state index contributed by atoms with van der Waals surface area (Å²) in [7, 11) is 3.66. The second-order valence-electron chi connectivity index (χ2n) is 6.67. The maximum atomic E-state index is 12.0. The summed E-state index contributed by atoms with van der Waals surface area (Å²) in [4.78, 5) is 12.0. The number of carbonyl (C=O) groups excluding carboxylic acids is 1. The number of amides is 1. The Morgan fingerprint density at radius 3 is 2.55 bits per heavy atom. The summed E-state index contributed by atoms with van der Waals surface area (Å²) in [6, 6.07) is 17.7. The van der Waals surface area contributed by atoms with Gasteiger partial charge in [0.25, 0.3) is 0 Å². The van der Waals surface area contributed by atoms with Gasteiger partial charge in [0, 0.05) is 31.3 Å². The van der Waals surface area contributed by atoms with Gasteiger partial charge in [0.2, 0.25) is 5.91 Å². The van der Waals surface area contributed by atoms with Gasteiger partial charge in [0.1, 0.15) is 11.6 Å². The molecule has 1 heterocycles. The second kappa shape index (κ2) is 10.7. The fourth-order valence-corrected chi connectivity index (χ4v) is 3.78. The number of benzene rings is 2. The number of para-hydroxylation sites is 1. The van der Waals surface area contributed by atoms with E-state index in [2.05, 4.69) is 27.6 Å². The molecule has 3 rings (SSSR count). The number of ether oxygens (including phenoxy) is 1. The summed E-state index contributed by atoms with van der Waals surface area (Å²) in [5.41, 5.74) is 2.10. The van der Waals surface area contributed by atoms with Crippen molar-refractivity contribution in [2.24, 2.45) is 7.05 Å². The van der Waals surface area contributed by atoms with Crippen molar-refractivity contribution < 1.29 is 9.53 Å². The quantitative estimate of drug-likeness (QED) is 0.509. The highest BCUT2D eigenvalue weighted by molar-refractivity contribution is 7.99. The first kappa shape index (κ1) is 20.9. The first-order valence-corrected chi connectivity index (χ1v) is 10.6. The molecule has 0 aliphatic carbocycles. The number of rotatable bonds is 10. The molecule has 1 amide bonds. The Morgan fingerprint density at radius 2 is 1.83 bits per heavy atom. The molecule has 152 valence electrons. The fourth-order valence-electron chi connectivity index (χ4n) is 2.91. The highest BCUT2D eigenvalue weighted by Crippen LogP contribution is 2.19. The van der Waals surface area contributed by atoms with E-state index in [1.807, 2.05) is 54.1 Å². The molecule has 0 radical (unpaired) electrons. The van der Waals surface area contributed by atoms with Gasteiger partial charge >= 0.3 is 0 Å². The number of anilines is 1. The molecule has 0 fully saturated rings. The van der Waals surface area contributed by atoms with Crippen LogP contribution in [-0.2, 0) is 24.7 Å². The van der Waals surface area contributed by atoms with E-state index in [9.17, 15) is 4.79 Å². The summed E-state index contributed by atoms with van der Waals surface area (Å²) in [6.07, 6.45) is 3.28. The molecule has 0 spiro atoms. The van der Waals surface area contributed by atoms with Crippen molar-refractivity contribution >= 4 is 23.4 Å². The number of hydrogen-bond acceptors (Lipinski definition) is 5. The molecule has 1 aromatic heterocycles. The van der Waals surface area contributed by atoms with Crippen molar-refractivity contribution in [1.82, 2.24) is 14.8 Å². The minimum atomic E-state index is 0.00517. The van der Waals surface area contributed by atoms with Crippen LogP contribution in [0.2, 0.25) is 0 Å². The third kappa shape index (κ3) is 6.35. The van der Waals surface area contributed by atoms with Crippen molar-refractivity contribution in [2.75, 3.05) is 18.2 Å². The van der Waals surface area contributed by atoms with Gasteiger partial charge in [0.05, 0.1) is 7.11 Å². The van der Waals surface area contributed by atoms with E-state index in [1.54, 1.807) is 18.9 Å². The largest absolute Gasteiger partial charge is 0.497 e. The molecule has 6 nitrogen and oxygen atoms in total. The predicted octanol–water partition coefficient (Wildman–Crippen LogP) is 4.12. The van der Waals surface area contributed by atoms with Gasteiger partial charge < -0.3 is 14.6 Å². The van der Waals surface area contributed by atoms with E-state index in [4.69, 9.17) is 4.74 Å². The highest BCUT2D eigenvalue weighted by Gasteiger charge is 2.10. The molecule has 0 saturated heterocycles. The lowest BCUT2D eigenvalue weighted by Gasteiger charge is -2.06. The molecule has 0 saturated carbocycles. The van der Waals surface area contributed by atoms with E-state index in [0.717, 1.165) is 41.7 Å². The zero-order chi connectivity index (χ0) is 20.5. The summed E-state index contributed by atoms with van der Waals surface area (Å²) < 4.78 is 7.21. The van der Waals surface area contributed by atoms with E-state index >= 15 is 0 Å². The lowest BCUT2D eigenvalue weighted by molar-refractivity contribution is -0.115. The lowest BCUT2D eigenvalue weighted by Crippen LogP contribution is -2.12. The van der Waals surface area contributed by atoms with Gasteiger partial charge in [-0.2, -0.15) is 0 Å². The number of hydrogen-bond donors (Lipinski definition) is 1. The summed E-state index contributed by atoms with van der Waals surface area (Å²) in [5, 5.41) is 12.3. The van der Waals surface area contributed by atoms with Gasteiger partial charge in [-0.15, -0.1) is 10.2 Å². The van der Waals surface area contributed by atoms with Crippen LogP contribution in [0.1, 0.15) is 24.2 Å². The molecule has 1 N–H and O–H groups in total. The van der Waals surface area contributed by atoms with Gasteiger partial charge in [0.15, 0.2) is 5.16 Å². The maximum Gasteiger partial charge on any atom is 0.225 e. The molecule has 2 aromatic carbocycles. The molecule has 29 heavy (non-hydrogen) atoms. The Bertz CT molecular complexity index is 910. The SMILES string of the molecule is COc1ccc(CCCc2nnc(SCCC(=O)Nc3ccccc3)n2C)cc1. The van der Waals surface area contributed by atoms with Crippen LogP contribution >= 0.6 is 11.8 Å². The Hall–Kier alpha value is -2.80. The van der Waals surface area contributed by atoms with Crippen molar-refractivity contribution in [2.45, 2.75) is 30.8 Å². The fraction of sp³-hybridized carbons (Fsp3) is 0.318. The highest BCUT2D eigenvalue weighted by atomic mass is 32.2. The number of methoxy groups -OCH3 is 1. The first-order valence-electron chi connectivity index (χ1n) is 9.64. The monoisotopic (exact) mass is 410 g/mol. The third-order valence-electron chi connectivity index (χ3n) is 4.57. The molecule has 0 bridgehead atoms. The zero-order valence-electron chi connectivity index (χ0n) is 16.8. The van der Waals surface area contributed by atoms with E-state index in [0.29, 0.717) is 12.2 Å². The topological polar surface area (TPSA) is 69.0 Å². The van der Waals surface area contributed by atoms with Crippen molar-refractivity contribution in [3.05, 3.63) is 66.0 Å². The molecule has 0 unspecified atom stereocenters. The van der Waals surface area contributed by atoms with E-state index in [1.165, 1.54) is 5.56 Å². The normalized spacial score (nSPS) is 10.7. The van der Waals surface area contributed by atoms with Gasteiger partial charge in [-0.3, -0.25) is 4.79 Å². The minimum absolute atomic E-state index is 0.00517. The van der Waals surface area contributed by atoms with Gasteiger partial charge in [-0.05, 0) is 42.7 Å². The van der Waals surface area contributed by atoms with Crippen molar-refractivity contribution in [3.63, 3.8) is 0 Å². The molecular formula is C22H26N4O2S. The third-order valence-corrected chi connectivity index (χ3v) is 5.59. The van der Waals surface area contributed by atoms with Gasteiger partial charge in [-0.25, -0.2) is 0 Å². The van der Waals surface area contributed by atoms with E-state index in [-0.39, 0.29) is 5.91 Å². The van der Waals surface area contributed by atoms with Crippen LogP contribution in [0.4, 0.5) is 5.69 Å². The number of aromatic nitrogens is 3. The molecule has 0 aliphatic heterocycles. The standard InChI is InChI=1S/C22H26N4O2S/c1-26-20(10-6-7-17-11-13-19(28-2)14-12-17)24-25-22(26)29-16-15-21(27)23-18-8-4-3-5-9-18/h3-5,8-9,11-14H,6-7,10,15-16H2,1-2H3,(H,23,27). The molecule has 7 heteroatoms. The predicted molar refractivity (Wildman–Crippen MR) is 116 cm³/mol. The molecule has 3 aromatic rings. The molecule has 0 aliphatic rings. The molecular weight excluding hydrogens is 384 g/mol. The lowest BCUT2D eigenvalue weighted by atomic mass is 10.1. The summed E-state index contributed by atoms with van der Waals surface area (Å²) in [6.45, 7) is 0. The van der Waals surface area contributed by atoms with E-state index < -0.39 is 0 Å². The van der Waals surface area contributed by atoms with Gasteiger partial charge in [-0.1, -0.05) is 42.1 Å². The Morgan fingerprint density at radius 1 is 1.07 bits per heavy atom. The van der Waals surface area contributed by atoms with Crippen LogP contribution in [0.15, 0.2) is 59.8 Å². The van der Waals surface area contributed by atoms with Crippen LogP contribution < -0.4 is 10.1 Å². The average Bonchev–Trinajstić information content (AvgIpc) is 3.09. The van der Waals surface area contributed by atoms with Crippen LogP contribution in [0.5, 0.6) is 5.75 Å². The van der Waals surface area contributed by atoms with Crippen LogP contribution in [0, 0.1) is 0 Å². The second-order valence-corrected chi connectivity index (χ2v) is 7.73. The Labute approximate surface area is 175 Å². The number of carbonyl (C=O) groups is 1. The average molecular weight is 411 g/mol. The number of nitrogens with zero attached hydrogens (tertiary/aromatic N) is 3. The Balaban J connectivity index is 1.41. The number of nitrogens with one attached hydrogen (secondary N) is 1. The van der Waals surface area contributed by atoms with Crippen LogP contribution in [-0.4, -0.2) is 33.5 Å². The van der Waals surface area contributed by atoms with Crippen LogP contribution in [0.3, 0.4) is 0 Å². The minimum Gasteiger partial charge on any atom is -0.497 e. The first-order chi connectivity index (χ1) is 14.2. The van der Waals surface area contributed by atoms with Crippen LogP contribution in [0.25, 0.3) is 0 Å². The number of thioether (sulfide) groups is 1. The Kier molecular flexibility index (Phi) is 7.69. The molecule has 0 atom stereocenters. The zero-order valence-corrected chi connectivity index (χ0v) is 17.6. The smallest absolute Gasteiger partial charge is 0.225 e. The van der Waals surface area contributed by atoms with Crippen molar-refractivity contribution in [1.29, 1.82) is 0 Å². The number of aryl methyl sites for hydroxylation is 2. The summed E-state index contributed by atoms with van der Waals surface area (Å²) in [5.74, 6) is 2.51.